The van der Waals surface area contributed by atoms with E-state index in [1.54, 1.807) is 41.5 Å². The number of allylic oxidation sites excluding steroid dienone is 2. The van der Waals surface area contributed by atoms with E-state index in [-0.39, 0.29) is 46.8 Å². The first kappa shape index (κ1) is 33.8. The van der Waals surface area contributed by atoms with E-state index < -0.39 is 23.3 Å². The molecule has 5 aliphatic heterocycles. The minimum absolute atomic E-state index is 0.0793. The molecule has 0 amide bonds. The molecule has 6 atom stereocenters. The van der Waals surface area contributed by atoms with E-state index in [1.807, 2.05) is 13.0 Å². The molecule has 1 aromatic carbocycles. The fourth-order valence-electron chi connectivity index (χ4n) is 7.17. The van der Waals surface area contributed by atoms with Gasteiger partial charge in [0.1, 0.15) is 45.8 Å². The van der Waals surface area contributed by atoms with Crippen LogP contribution in [0.1, 0.15) is 58.3 Å². The number of phenolic OH excluding ortho intramolecular Hbond substituents is 1. The standard InChI is InChI=1S/C36H44N4O7S2/c1-17(2)23-13-20-22(33(38)40-23)16-49-48-9-8-35(4)29(14-21-26(46-35)15-27-31(32(21)42)25(41)10-18(3)44-27)45-34(43)36(5)28(47-36)7-6-19-11-24(20)39-30(37)12-19/h10-13,15,17,23-24,28-29,39-40,42H,6-9,14,16,37-38H2,1-5H3/t23?,24?,28-,29-,35+,36+/m1/s1. The van der Waals surface area contributed by atoms with Gasteiger partial charge < -0.3 is 45.8 Å². The molecule has 0 aliphatic carbocycles. The fraction of sp³-hybridized carbons (Fsp3) is 0.500. The molecule has 6 heterocycles. The summed E-state index contributed by atoms with van der Waals surface area (Å²) < 4.78 is 24.7. The number of carbonyl (C=O) groups is 1. The lowest BCUT2D eigenvalue weighted by molar-refractivity contribution is -0.168. The maximum atomic E-state index is 13.8. The van der Waals surface area contributed by atoms with Crippen molar-refractivity contribution in [3.8, 4) is 11.5 Å². The predicted octanol–water partition coefficient (Wildman–Crippen LogP) is 4.56. The van der Waals surface area contributed by atoms with Crippen LogP contribution in [-0.4, -0.2) is 58.1 Å². The SMILES string of the molecule is Cc1cc(=O)c2c(O)c3c(cc2o1)O[C@@]1(C)CCSSCC2=C(N)NC(C(C)C)C=C2C2C=C(C=C(N)N2)CC[C@H]2O[C@]2(C)C(=O)O[C@@H]1C3. The van der Waals surface area contributed by atoms with Crippen LogP contribution in [0.5, 0.6) is 11.5 Å². The minimum Gasteiger partial charge on any atom is -0.507 e. The number of fused-ring (bicyclic) bond motifs is 7. The number of rotatable bonds is 1. The molecule has 2 aromatic rings. The van der Waals surface area contributed by atoms with Crippen molar-refractivity contribution >= 4 is 38.5 Å². The Bertz CT molecular complexity index is 1900. The van der Waals surface area contributed by atoms with Crippen molar-refractivity contribution in [1.82, 2.24) is 10.6 Å². The van der Waals surface area contributed by atoms with Gasteiger partial charge in [-0.1, -0.05) is 47.6 Å². The van der Waals surface area contributed by atoms with Crippen LogP contribution in [0.2, 0.25) is 0 Å². The maximum Gasteiger partial charge on any atom is 0.341 e. The molecule has 1 saturated heterocycles. The number of nitrogens with one attached hydrogen (secondary N) is 2. The number of carbonyl (C=O) groups excluding carboxylic acids is 1. The molecule has 49 heavy (non-hydrogen) atoms. The maximum absolute atomic E-state index is 13.8. The van der Waals surface area contributed by atoms with Crippen LogP contribution < -0.4 is 32.3 Å². The lowest BCUT2D eigenvalue weighted by atomic mass is 9.86. The lowest BCUT2D eigenvalue weighted by Gasteiger charge is -2.42. The Morgan fingerprint density at radius 1 is 1.08 bits per heavy atom. The first-order valence-corrected chi connectivity index (χ1v) is 19.3. The summed E-state index contributed by atoms with van der Waals surface area (Å²) in [6.07, 6.45) is 7.26. The molecule has 7 rings (SSSR count). The quantitative estimate of drug-likeness (QED) is 0.159. The van der Waals surface area contributed by atoms with Gasteiger partial charge in [-0.25, -0.2) is 4.79 Å². The Kier molecular flexibility index (Phi) is 8.68. The number of aromatic hydroxyl groups is 1. The van der Waals surface area contributed by atoms with Crippen molar-refractivity contribution in [3.63, 3.8) is 0 Å². The van der Waals surface area contributed by atoms with Crippen LogP contribution >= 0.6 is 21.6 Å². The number of epoxide rings is 1. The van der Waals surface area contributed by atoms with Gasteiger partial charge in [-0.3, -0.25) is 4.79 Å². The van der Waals surface area contributed by atoms with Crippen molar-refractivity contribution in [3.05, 3.63) is 80.3 Å². The van der Waals surface area contributed by atoms with Gasteiger partial charge in [0.2, 0.25) is 0 Å². The summed E-state index contributed by atoms with van der Waals surface area (Å²) in [5.41, 5.74) is 14.6. The highest BCUT2D eigenvalue weighted by Crippen LogP contribution is 2.47. The number of aryl methyl sites for hydroxylation is 1. The van der Waals surface area contributed by atoms with Crippen LogP contribution in [0.15, 0.2) is 67.9 Å². The molecule has 2 bridgehead atoms. The van der Waals surface area contributed by atoms with E-state index in [1.165, 1.54) is 6.07 Å². The highest BCUT2D eigenvalue weighted by atomic mass is 33.1. The van der Waals surface area contributed by atoms with Crippen LogP contribution in [0.4, 0.5) is 0 Å². The first-order chi connectivity index (χ1) is 23.3. The van der Waals surface area contributed by atoms with Gasteiger partial charge >= 0.3 is 5.97 Å². The highest BCUT2D eigenvalue weighted by Gasteiger charge is 2.61. The summed E-state index contributed by atoms with van der Waals surface area (Å²) in [6, 6.07) is 2.94. The molecule has 13 heteroatoms. The van der Waals surface area contributed by atoms with E-state index in [0.29, 0.717) is 65.4 Å². The van der Waals surface area contributed by atoms with Gasteiger partial charge in [0.25, 0.3) is 0 Å². The Labute approximate surface area is 293 Å². The van der Waals surface area contributed by atoms with Gasteiger partial charge in [0.05, 0.1) is 18.0 Å². The number of hydrogen-bond donors (Lipinski definition) is 5. The first-order valence-electron chi connectivity index (χ1n) is 16.8. The number of esters is 1. The molecule has 7 N–H and O–H groups in total. The zero-order valence-electron chi connectivity index (χ0n) is 28.4. The van der Waals surface area contributed by atoms with E-state index in [2.05, 4.69) is 36.6 Å². The van der Waals surface area contributed by atoms with Crippen molar-refractivity contribution in [2.45, 2.75) is 95.8 Å². The average molecular weight is 709 g/mol. The molecule has 5 aliphatic rings. The Balaban J connectivity index is 1.21. The van der Waals surface area contributed by atoms with Gasteiger partial charge in [0, 0.05) is 53.7 Å². The smallest absolute Gasteiger partial charge is 0.341 e. The number of nitrogens with two attached hydrogens (primary N) is 2. The second kappa shape index (κ2) is 12.6. The van der Waals surface area contributed by atoms with E-state index >= 15 is 0 Å². The third-order valence-corrected chi connectivity index (χ3v) is 12.6. The van der Waals surface area contributed by atoms with E-state index in [0.717, 1.165) is 16.7 Å². The lowest BCUT2D eigenvalue weighted by Crippen LogP contribution is -2.52. The van der Waals surface area contributed by atoms with Gasteiger partial charge in [-0.2, -0.15) is 0 Å². The highest BCUT2D eigenvalue weighted by molar-refractivity contribution is 8.76. The monoisotopic (exact) mass is 708 g/mol. The van der Waals surface area contributed by atoms with Crippen molar-refractivity contribution in [2.75, 3.05) is 11.5 Å². The molecule has 0 radical (unpaired) electrons. The van der Waals surface area contributed by atoms with E-state index in [4.69, 9.17) is 30.1 Å². The second-order valence-electron chi connectivity index (χ2n) is 14.3. The Morgan fingerprint density at radius 2 is 1.88 bits per heavy atom. The summed E-state index contributed by atoms with van der Waals surface area (Å²) in [5, 5.41) is 18.3. The molecule has 0 saturated carbocycles. The van der Waals surface area contributed by atoms with Crippen molar-refractivity contribution in [1.29, 1.82) is 0 Å². The van der Waals surface area contributed by atoms with Gasteiger partial charge in [-0.05, 0) is 56.8 Å². The summed E-state index contributed by atoms with van der Waals surface area (Å²) >= 11 is 0. The summed E-state index contributed by atoms with van der Waals surface area (Å²) in [5.74, 6) is 3.06. The molecule has 1 aromatic heterocycles. The number of hydrogen-bond acceptors (Lipinski definition) is 13. The summed E-state index contributed by atoms with van der Waals surface area (Å²) in [4.78, 5) is 26.6. The molecule has 11 nitrogen and oxygen atoms in total. The second-order valence-corrected chi connectivity index (χ2v) is 16.9. The summed E-state index contributed by atoms with van der Waals surface area (Å²) in [6.45, 7) is 9.70. The molecule has 2 unspecified atom stereocenters. The molecule has 0 spiro atoms. The summed E-state index contributed by atoms with van der Waals surface area (Å²) in [7, 11) is 3.38. The normalized spacial score (nSPS) is 31.9. The number of phenols is 1. The third-order valence-electron chi connectivity index (χ3n) is 10.3. The predicted molar refractivity (Wildman–Crippen MR) is 192 cm³/mol. The number of dihydropyridines is 2. The van der Waals surface area contributed by atoms with Crippen LogP contribution in [0, 0.1) is 12.8 Å². The molecule has 1 fully saturated rings. The minimum atomic E-state index is -1.12. The zero-order chi connectivity index (χ0) is 34.8. The molecular weight excluding hydrogens is 665 g/mol. The zero-order valence-corrected chi connectivity index (χ0v) is 30.0. The van der Waals surface area contributed by atoms with Crippen LogP contribution in [0.25, 0.3) is 11.0 Å². The molecular formula is C36H44N4O7S2. The number of benzene rings is 1. The van der Waals surface area contributed by atoms with Crippen LogP contribution in [0.3, 0.4) is 0 Å². The topological polar surface area (TPSA) is 175 Å². The average Bonchev–Trinajstić information content (AvgIpc) is 3.70. The number of ether oxygens (including phenoxy) is 3. The Hall–Kier alpha value is -3.68. The Morgan fingerprint density at radius 3 is 2.65 bits per heavy atom. The fourth-order valence-corrected chi connectivity index (χ4v) is 9.50. The van der Waals surface area contributed by atoms with Gasteiger partial charge in [0.15, 0.2) is 11.0 Å². The van der Waals surface area contributed by atoms with Gasteiger partial charge in [-0.15, -0.1) is 0 Å². The van der Waals surface area contributed by atoms with Crippen molar-refractivity contribution < 1.29 is 28.5 Å². The largest absolute Gasteiger partial charge is 0.507 e. The van der Waals surface area contributed by atoms with Crippen LogP contribution in [-0.2, 0) is 20.7 Å². The third kappa shape index (κ3) is 6.29. The molecule has 262 valence electrons. The van der Waals surface area contributed by atoms with E-state index in [9.17, 15) is 14.7 Å². The van der Waals surface area contributed by atoms with Crippen molar-refractivity contribution in [2.24, 2.45) is 17.4 Å².